The number of aromatic amines is 1. The van der Waals surface area contributed by atoms with Gasteiger partial charge in [0.2, 0.25) is 0 Å². The molecule has 0 atom stereocenters. The maximum atomic E-state index is 12.0. The van der Waals surface area contributed by atoms with Crippen molar-refractivity contribution in [2.75, 3.05) is 0 Å². The highest BCUT2D eigenvalue weighted by molar-refractivity contribution is 9.10. The van der Waals surface area contributed by atoms with Crippen molar-refractivity contribution in [2.45, 2.75) is 0 Å². The van der Waals surface area contributed by atoms with Crippen LogP contribution in [0.4, 0.5) is 0 Å². The lowest BCUT2D eigenvalue weighted by Crippen LogP contribution is -2.09. The Morgan fingerprint density at radius 3 is 2.59 bits per heavy atom. The molecule has 0 radical (unpaired) electrons. The van der Waals surface area contributed by atoms with Crippen molar-refractivity contribution in [3.8, 4) is 0 Å². The van der Waals surface area contributed by atoms with Gasteiger partial charge in [-0.3, -0.25) is 4.79 Å². The molecule has 4 heteroatoms. The lowest BCUT2D eigenvalue weighted by atomic mass is 9.94. The molecule has 0 amide bonds. The predicted octanol–water partition coefficient (Wildman–Crippen LogP) is 1.70. The van der Waals surface area contributed by atoms with Gasteiger partial charge in [-0.25, -0.2) is 0 Å². The van der Waals surface area contributed by atoms with Crippen LogP contribution in [0.2, 0.25) is 0 Å². The van der Waals surface area contributed by atoms with Crippen molar-refractivity contribution in [1.29, 1.82) is 0 Å². The molecule has 0 aliphatic rings. The van der Waals surface area contributed by atoms with Gasteiger partial charge in [-0.1, -0.05) is 39.6 Å². The number of hydrogen-bond acceptors (Lipinski definition) is 1. The third-order valence-electron chi connectivity index (χ3n) is 2.94. The van der Waals surface area contributed by atoms with E-state index in [2.05, 4.69) is 33.0 Å². The Labute approximate surface area is 107 Å². The number of hydrogen-bond donors (Lipinski definition) is 1. The molecular formula is C13H9BBrNO. The SMILES string of the molecule is Bc1ccc2c(c1)[nH]c(=O)c1cc(Br)ccc12. The normalized spacial score (nSPS) is 11.1. The van der Waals surface area contributed by atoms with Crippen LogP contribution in [0, 0.1) is 0 Å². The van der Waals surface area contributed by atoms with E-state index in [1.54, 1.807) is 0 Å². The van der Waals surface area contributed by atoms with Crippen molar-refractivity contribution < 1.29 is 0 Å². The van der Waals surface area contributed by atoms with Crippen molar-refractivity contribution in [1.82, 2.24) is 4.98 Å². The third kappa shape index (κ3) is 1.69. The first-order valence-corrected chi connectivity index (χ1v) is 6.16. The highest BCUT2D eigenvalue weighted by Crippen LogP contribution is 2.23. The van der Waals surface area contributed by atoms with E-state index in [9.17, 15) is 4.79 Å². The molecule has 0 spiro atoms. The molecule has 17 heavy (non-hydrogen) atoms. The summed E-state index contributed by atoms with van der Waals surface area (Å²) in [5.74, 6) is 0. The van der Waals surface area contributed by atoms with Gasteiger partial charge in [0.25, 0.3) is 5.56 Å². The van der Waals surface area contributed by atoms with E-state index in [4.69, 9.17) is 0 Å². The van der Waals surface area contributed by atoms with Gasteiger partial charge in [-0.2, -0.15) is 0 Å². The summed E-state index contributed by atoms with van der Waals surface area (Å²) in [4.78, 5) is 14.9. The molecule has 3 rings (SSSR count). The fourth-order valence-corrected chi connectivity index (χ4v) is 2.49. The van der Waals surface area contributed by atoms with Crippen molar-refractivity contribution >= 4 is 50.9 Å². The summed E-state index contributed by atoms with van der Waals surface area (Å²) in [5.41, 5.74) is 1.99. The fourth-order valence-electron chi connectivity index (χ4n) is 2.13. The van der Waals surface area contributed by atoms with E-state index >= 15 is 0 Å². The van der Waals surface area contributed by atoms with Crippen LogP contribution in [0.1, 0.15) is 0 Å². The quantitative estimate of drug-likeness (QED) is 0.495. The van der Waals surface area contributed by atoms with Crippen LogP contribution in [0.15, 0.2) is 45.7 Å². The van der Waals surface area contributed by atoms with Gasteiger partial charge in [0, 0.05) is 20.8 Å². The Kier molecular flexibility index (Phi) is 2.33. The van der Waals surface area contributed by atoms with E-state index in [0.717, 1.165) is 31.6 Å². The highest BCUT2D eigenvalue weighted by Gasteiger charge is 2.05. The highest BCUT2D eigenvalue weighted by atomic mass is 79.9. The molecular weight excluding hydrogens is 277 g/mol. The zero-order valence-electron chi connectivity index (χ0n) is 9.25. The van der Waals surface area contributed by atoms with Gasteiger partial charge in [-0.05, 0) is 23.6 Å². The number of H-pyrrole nitrogens is 1. The first-order valence-electron chi connectivity index (χ1n) is 5.37. The van der Waals surface area contributed by atoms with Crippen molar-refractivity contribution in [2.24, 2.45) is 0 Å². The largest absolute Gasteiger partial charge is 0.321 e. The van der Waals surface area contributed by atoms with Gasteiger partial charge in [0.05, 0.1) is 0 Å². The molecule has 0 unspecified atom stereocenters. The number of rotatable bonds is 0. The van der Waals surface area contributed by atoms with Crippen LogP contribution >= 0.6 is 15.9 Å². The smallest absolute Gasteiger partial charge is 0.256 e. The van der Waals surface area contributed by atoms with E-state index in [-0.39, 0.29) is 5.56 Å². The average molecular weight is 286 g/mol. The van der Waals surface area contributed by atoms with Crippen LogP contribution in [0.25, 0.3) is 21.7 Å². The molecule has 2 nitrogen and oxygen atoms in total. The molecule has 0 fully saturated rings. The number of pyridine rings is 1. The van der Waals surface area contributed by atoms with Gasteiger partial charge in [0.15, 0.2) is 0 Å². The van der Waals surface area contributed by atoms with Gasteiger partial charge in [-0.15, -0.1) is 0 Å². The second kappa shape index (κ2) is 3.74. The summed E-state index contributed by atoms with van der Waals surface area (Å²) in [5, 5.41) is 2.79. The average Bonchev–Trinajstić information content (AvgIpc) is 2.29. The fraction of sp³-hybridized carbons (Fsp3) is 0. The molecule has 2 aromatic carbocycles. The zero-order valence-corrected chi connectivity index (χ0v) is 10.8. The van der Waals surface area contributed by atoms with E-state index in [1.165, 1.54) is 0 Å². The Bertz CT molecular complexity index is 794. The Balaban J connectivity index is 2.60. The van der Waals surface area contributed by atoms with Crippen LogP contribution in [0.3, 0.4) is 0 Å². The van der Waals surface area contributed by atoms with Crippen molar-refractivity contribution in [3.05, 3.63) is 51.2 Å². The number of benzene rings is 2. The first kappa shape index (κ1) is 10.6. The molecule has 0 aliphatic carbocycles. The van der Waals surface area contributed by atoms with Crippen LogP contribution < -0.4 is 11.0 Å². The minimum absolute atomic E-state index is 0.0422. The maximum Gasteiger partial charge on any atom is 0.256 e. The third-order valence-corrected chi connectivity index (χ3v) is 3.43. The summed E-state index contributed by atoms with van der Waals surface area (Å²) >= 11 is 3.39. The molecule has 82 valence electrons. The summed E-state index contributed by atoms with van der Waals surface area (Å²) in [6.45, 7) is 0. The molecule has 0 saturated heterocycles. The summed E-state index contributed by atoms with van der Waals surface area (Å²) in [6, 6.07) is 11.9. The zero-order chi connectivity index (χ0) is 12.0. The summed E-state index contributed by atoms with van der Waals surface area (Å²) in [6.07, 6.45) is 0. The second-order valence-corrected chi connectivity index (χ2v) is 5.11. The van der Waals surface area contributed by atoms with Crippen LogP contribution in [-0.2, 0) is 0 Å². The summed E-state index contributed by atoms with van der Waals surface area (Å²) in [7, 11) is 2.02. The van der Waals surface area contributed by atoms with E-state index in [0.29, 0.717) is 0 Å². The Morgan fingerprint density at radius 2 is 1.76 bits per heavy atom. The second-order valence-electron chi connectivity index (χ2n) is 4.19. The number of aromatic nitrogens is 1. The molecule has 0 aliphatic heterocycles. The molecule has 1 aromatic heterocycles. The first-order chi connectivity index (χ1) is 8.15. The Hall–Kier alpha value is -1.55. The number of nitrogens with one attached hydrogen (secondary N) is 1. The Morgan fingerprint density at radius 1 is 1.00 bits per heavy atom. The van der Waals surface area contributed by atoms with Crippen molar-refractivity contribution in [3.63, 3.8) is 0 Å². The number of halogens is 1. The maximum absolute atomic E-state index is 12.0. The minimum Gasteiger partial charge on any atom is -0.321 e. The monoisotopic (exact) mass is 285 g/mol. The molecule has 0 bridgehead atoms. The van der Waals surface area contributed by atoms with Gasteiger partial charge in [0.1, 0.15) is 7.85 Å². The lowest BCUT2D eigenvalue weighted by Gasteiger charge is -2.04. The lowest BCUT2D eigenvalue weighted by molar-refractivity contribution is 1.34. The molecule has 1 N–H and O–H groups in total. The molecule has 1 heterocycles. The van der Waals surface area contributed by atoms with Gasteiger partial charge >= 0.3 is 0 Å². The van der Waals surface area contributed by atoms with Crippen LogP contribution in [-0.4, -0.2) is 12.8 Å². The minimum atomic E-state index is -0.0422. The molecule has 0 saturated carbocycles. The number of fused-ring (bicyclic) bond motifs is 3. The van der Waals surface area contributed by atoms with Gasteiger partial charge < -0.3 is 4.98 Å². The molecule has 3 aromatic rings. The van der Waals surface area contributed by atoms with Crippen LogP contribution in [0.5, 0.6) is 0 Å². The van der Waals surface area contributed by atoms with E-state index < -0.39 is 0 Å². The summed E-state index contributed by atoms with van der Waals surface area (Å²) < 4.78 is 0.918. The standard InChI is InChI=1S/C13H9BBrNO/c14-7-1-3-10-9-4-2-8(15)6-11(9)13(17)16-12(10)5-7/h1-6H,14H2,(H,16,17). The topological polar surface area (TPSA) is 32.9 Å². The van der Waals surface area contributed by atoms with E-state index in [1.807, 2.05) is 32.1 Å². The predicted molar refractivity (Wildman–Crippen MR) is 78.0 cm³/mol.